The highest BCUT2D eigenvalue weighted by Gasteiger charge is 2.27. The van der Waals surface area contributed by atoms with Crippen molar-refractivity contribution in [3.05, 3.63) is 72.3 Å². The van der Waals surface area contributed by atoms with Crippen LogP contribution in [0.15, 0.2) is 61.2 Å². The molecule has 0 saturated heterocycles. The third-order valence-corrected chi connectivity index (χ3v) is 4.33. The smallest absolute Gasteiger partial charge is 0.138 e. The van der Waals surface area contributed by atoms with Crippen LogP contribution in [0.5, 0.6) is 0 Å². The molecular formula is C19H19N5. The van der Waals surface area contributed by atoms with Gasteiger partial charge >= 0.3 is 0 Å². The second-order valence-corrected chi connectivity index (χ2v) is 6.02. The fourth-order valence-electron chi connectivity index (χ4n) is 3.18. The van der Waals surface area contributed by atoms with Crippen molar-refractivity contribution >= 4 is 17.3 Å². The predicted molar refractivity (Wildman–Crippen MR) is 95.3 cm³/mol. The SMILES string of the molecule is CC1Cc2ccccc2N1c1cc(NCc2ccncc2)ncn1. The highest BCUT2D eigenvalue weighted by Crippen LogP contribution is 2.37. The van der Waals surface area contributed by atoms with Crippen molar-refractivity contribution in [3.8, 4) is 0 Å². The number of para-hydroxylation sites is 1. The molecule has 4 rings (SSSR count). The highest BCUT2D eigenvalue weighted by molar-refractivity contribution is 5.69. The zero-order valence-electron chi connectivity index (χ0n) is 13.6. The van der Waals surface area contributed by atoms with Gasteiger partial charge < -0.3 is 10.2 Å². The number of nitrogens with zero attached hydrogens (tertiary/aromatic N) is 4. The number of aromatic nitrogens is 3. The van der Waals surface area contributed by atoms with E-state index in [1.54, 1.807) is 18.7 Å². The molecule has 1 unspecified atom stereocenters. The number of nitrogens with one attached hydrogen (secondary N) is 1. The molecule has 0 aliphatic carbocycles. The third-order valence-electron chi connectivity index (χ3n) is 4.33. The normalized spacial score (nSPS) is 16.0. The molecule has 1 aliphatic heterocycles. The van der Waals surface area contributed by atoms with Crippen LogP contribution < -0.4 is 10.2 Å². The minimum Gasteiger partial charge on any atom is -0.366 e. The molecule has 0 spiro atoms. The lowest BCUT2D eigenvalue weighted by molar-refractivity contribution is 0.749. The second kappa shape index (κ2) is 6.28. The minimum absolute atomic E-state index is 0.394. The number of benzene rings is 1. The molecule has 1 N–H and O–H groups in total. The number of hydrogen-bond acceptors (Lipinski definition) is 5. The molecule has 0 amide bonds. The predicted octanol–water partition coefficient (Wildman–Crippen LogP) is 3.57. The van der Waals surface area contributed by atoms with Gasteiger partial charge in [0, 0.05) is 36.7 Å². The van der Waals surface area contributed by atoms with E-state index in [-0.39, 0.29) is 0 Å². The Morgan fingerprint density at radius 2 is 1.96 bits per heavy atom. The Balaban J connectivity index is 1.57. The lowest BCUT2D eigenvalue weighted by atomic mass is 10.1. The van der Waals surface area contributed by atoms with Crippen molar-refractivity contribution < 1.29 is 0 Å². The first kappa shape index (κ1) is 14.6. The van der Waals surface area contributed by atoms with Crippen molar-refractivity contribution in [3.63, 3.8) is 0 Å². The van der Waals surface area contributed by atoms with Gasteiger partial charge in [-0.15, -0.1) is 0 Å². The first-order valence-electron chi connectivity index (χ1n) is 8.13. The van der Waals surface area contributed by atoms with E-state index < -0.39 is 0 Å². The van der Waals surface area contributed by atoms with Crippen LogP contribution >= 0.6 is 0 Å². The number of anilines is 3. The van der Waals surface area contributed by atoms with Gasteiger partial charge in [0.05, 0.1) is 0 Å². The number of pyridine rings is 1. The van der Waals surface area contributed by atoms with Crippen LogP contribution in [0.3, 0.4) is 0 Å². The Kier molecular flexibility index (Phi) is 3.83. The van der Waals surface area contributed by atoms with Crippen LogP contribution in [-0.2, 0) is 13.0 Å². The van der Waals surface area contributed by atoms with Gasteiger partial charge in [-0.1, -0.05) is 18.2 Å². The van der Waals surface area contributed by atoms with Gasteiger partial charge in [-0.05, 0) is 42.7 Å². The monoisotopic (exact) mass is 317 g/mol. The number of rotatable bonds is 4. The van der Waals surface area contributed by atoms with Crippen LogP contribution in [0.1, 0.15) is 18.1 Å². The van der Waals surface area contributed by atoms with Crippen molar-refractivity contribution in [1.29, 1.82) is 0 Å². The Morgan fingerprint density at radius 1 is 1.12 bits per heavy atom. The Morgan fingerprint density at radius 3 is 2.83 bits per heavy atom. The van der Waals surface area contributed by atoms with Crippen LogP contribution in [-0.4, -0.2) is 21.0 Å². The first-order valence-corrected chi connectivity index (χ1v) is 8.13. The molecule has 1 aliphatic rings. The molecule has 1 aromatic carbocycles. The van der Waals surface area contributed by atoms with Gasteiger partial charge in [0.2, 0.25) is 0 Å². The van der Waals surface area contributed by atoms with Gasteiger partial charge in [0.1, 0.15) is 18.0 Å². The summed E-state index contributed by atoms with van der Waals surface area (Å²) in [6, 6.07) is 14.9. The van der Waals surface area contributed by atoms with E-state index in [0.717, 1.165) is 18.1 Å². The fraction of sp³-hybridized carbons (Fsp3) is 0.211. The maximum Gasteiger partial charge on any atom is 0.138 e. The summed E-state index contributed by atoms with van der Waals surface area (Å²) in [6.07, 6.45) is 6.26. The van der Waals surface area contributed by atoms with E-state index >= 15 is 0 Å². The van der Waals surface area contributed by atoms with E-state index in [2.05, 4.69) is 56.4 Å². The van der Waals surface area contributed by atoms with Crippen LogP contribution in [0, 0.1) is 0 Å². The largest absolute Gasteiger partial charge is 0.366 e. The molecule has 120 valence electrons. The maximum atomic E-state index is 4.49. The standard InChI is InChI=1S/C19H19N5/c1-14-10-16-4-2-3-5-17(16)24(14)19-11-18(22-13-23-19)21-12-15-6-8-20-9-7-15/h2-9,11,13-14H,10,12H2,1H3,(H,21,22,23). The minimum atomic E-state index is 0.394. The molecule has 0 radical (unpaired) electrons. The van der Waals surface area contributed by atoms with E-state index in [1.165, 1.54) is 16.8 Å². The van der Waals surface area contributed by atoms with Crippen LogP contribution in [0.2, 0.25) is 0 Å². The molecule has 3 heterocycles. The van der Waals surface area contributed by atoms with E-state index in [1.807, 2.05) is 18.2 Å². The van der Waals surface area contributed by atoms with Crippen molar-refractivity contribution in [2.45, 2.75) is 25.9 Å². The Bertz CT molecular complexity index is 834. The molecule has 1 atom stereocenters. The lowest BCUT2D eigenvalue weighted by Gasteiger charge is -2.24. The topological polar surface area (TPSA) is 53.9 Å². The summed E-state index contributed by atoms with van der Waals surface area (Å²) in [5.41, 5.74) is 3.78. The summed E-state index contributed by atoms with van der Waals surface area (Å²) in [6.45, 7) is 2.94. The molecule has 24 heavy (non-hydrogen) atoms. The first-order chi connectivity index (χ1) is 11.8. The molecular weight excluding hydrogens is 298 g/mol. The van der Waals surface area contributed by atoms with Gasteiger partial charge in [-0.2, -0.15) is 0 Å². The van der Waals surface area contributed by atoms with Gasteiger partial charge in [0.15, 0.2) is 0 Å². The van der Waals surface area contributed by atoms with E-state index in [9.17, 15) is 0 Å². The molecule has 2 aromatic heterocycles. The maximum absolute atomic E-state index is 4.49. The number of hydrogen-bond donors (Lipinski definition) is 1. The van der Waals surface area contributed by atoms with Gasteiger partial charge in [-0.3, -0.25) is 4.98 Å². The summed E-state index contributed by atoms with van der Waals surface area (Å²) in [7, 11) is 0. The summed E-state index contributed by atoms with van der Waals surface area (Å²) < 4.78 is 0. The summed E-state index contributed by atoms with van der Waals surface area (Å²) in [4.78, 5) is 15.2. The van der Waals surface area contributed by atoms with E-state index in [4.69, 9.17) is 0 Å². The Labute approximate surface area is 141 Å². The zero-order chi connectivity index (χ0) is 16.4. The molecule has 3 aromatic rings. The van der Waals surface area contributed by atoms with Gasteiger partial charge in [-0.25, -0.2) is 9.97 Å². The highest BCUT2D eigenvalue weighted by atomic mass is 15.2. The molecule has 5 heteroatoms. The average molecular weight is 317 g/mol. The fourth-order valence-corrected chi connectivity index (χ4v) is 3.18. The number of fused-ring (bicyclic) bond motifs is 1. The van der Waals surface area contributed by atoms with Crippen molar-refractivity contribution in [2.75, 3.05) is 10.2 Å². The van der Waals surface area contributed by atoms with E-state index in [0.29, 0.717) is 12.6 Å². The molecule has 0 saturated carbocycles. The van der Waals surface area contributed by atoms with Crippen LogP contribution in [0.4, 0.5) is 17.3 Å². The summed E-state index contributed by atoms with van der Waals surface area (Å²) in [5.74, 6) is 1.76. The second-order valence-electron chi connectivity index (χ2n) is 6.02. The zero-order valence-corrected chi connectivity index (χ0v) is 13.6. The van der Waals surface area contributed by atoms with Crippen LogP contribution in [0.25, 0.3) is 0 Å². The quantitative estimate of drug-likeness (QED) is 0.797. The average Bonchev–Trinajstić information content (AvgIpc) is 2.97. The molecule has 0 fully saturated rings. The summed E-state index contributed by atoms with van der Waals surface area (Å²) in [5, 5.41) is 3.36. The van der Waals surface area contributed by atoms with Crippen molar-refractivity contribution in [1.82, 2.24) is 15.0 Å². The van der Waals surface area contributed by atoms with Crippen molar-refractivity contribution in [2.24, 2.45) is 0 Å². The Hall–Kier alpha value is -2.95. The third kappa shape index (κ3) is 2.80. The van der Waals surface area contributed by atoms with Gasteiger partial charge in [0.25, 0.3) is 0 Å². The summed E-state index contributed by atoms with van der Waals surface area (Å²) >= 11 is 0. The molecule has 0 bridgehead atoms. The lowest BCUT2D eigenvalue weighted by Crippen LogP contribution is -2.25. The molecule has 5 nitrogen and oxygen atoms in total.